The number of ketones is 2. The average molecular weight is 379 g/mol. The van der Waals surface area contributed by atoms with Crippen molar-refractivity contribution in [2.75, 3.05) is 14.2 Å². The molecule has 0 amide bonds. The number of rotatable bonds is 2. The van der Waals surface area contributed by atoms with Gasteiger partial charge in [0.1, 0.15) is 0 Å². The van der Waals surface area contributed by atoms with Crippen molar-refractivity contribution in [3.05, 3.63) is 23.7 Å². The van der Waals surface area contributed by atoms with Gasteiger partial charge in [0.2, 0.25) is 0 Å². The summed E-state index contributed by atoms with van der Waals surface area (Å²) in [5.41, 5.74) is 0. The molecule has 0 aromatic heterocycles. The van der Waals surface area contributed by atoms with E-state index in [4.69, 9.17) is 10.2 Å². The first-order valence-electron chi connectivity index (χ1n) is 4.79. The molecule has 0 saturated heterocycles. The Morgan fingerprint density at radius 3 is 0.842 bits per heavy atom. The second-order valence-corrected chi connectivity index (χ2v) is 2.73. The van der Waals surface area contributed by atoms with Gasteiger partial charge in [-0.15, -0.1) is 11.5 Å². The summed E-state index contributed by atoms with van der Waals surface area (Å²) in [7, 11) is 1.50. The maximum absolute atomic E-state index is 9.98. The Balaban J connectivity index is -0.0000000522. The predicted octanol–water partition coefficient (Wildman–Crippen LogP) is -2.75. The van der Waals surface area contributed by atoms with E-state index >= 15 is 0 Å². The van der Waals surface area contributed by atoms with Crippen LogP contribution in [0.3, 0.4) is 0 Å². The second kappa shape index (κ2) is 25.9. The Morgan fingerprint density at radius 1 is 0.684 bits per heavy atom. The summed E-state index contributed by atoms with van der Waals surface area (Å²) in [6.45, 7) is 5.39. The van der Waals surface area contributed by atoms with Crippen molar-refractivity contribution in [2.45, 2.75) is 27.7 Å². The van der Waals surface area contributed by atoms with Crippen LogP contribution >= 0.6 is 0 Å². The SMILES string of the molecule is CC(=O)/C=C(/C)[O-].CC(=O)/C=C(/C)[O-].C[O-].C[O-].[Sn+4]. The fraction of sp³-hybridized carbons (Fsp3) is 0.500. The van der Waals surface area contributed by atoms with Gasteiger partial charge in [0.25, 0.3) is 0 Å². The Hall–Kier alpha value is -0.861. The van der Waals surface area contributed by atoms with Crippen molar-refractivity contribution < 1.29 is 30.0 Å². The molecule has 0 aliphatic heterocycles. The molecule has 19 heavy (non-hydrogen) atoms. The second-order valence-electron chi connectivity index (χ2n) is 2.73. The minimum Gasteiger partial charge on any atom is -0.876 e. The van der Waals surface area contributed by atoms with Crippen molar-refractivity contribution in [3.8, 4) is 0 Å². The van der Waals surface area contributed by atoms with E-state index in [1.807, 2.05) is 0 Å². The van der Waals surface area contributed by atoms with E-state index in [1.165, 1.54) is 27.7 Å². The first-order valence-corrected chi connectivity index (χ1v) is 4.79. The quantitative estimate of drug-likeness (QED) is 0.291. The van der Waals surface area contributed by atoms with Crippen LogP contribution in [-0.2, 0) is 9.59 Å². The molecule has 0 spiro atoms. The maximum Gasteiger partial charge on any atom is 4.00 e. The molecule has 0 bridgehead atoms. The van der Waals surface area contributed by atoms with E-state index in [9.17, 15) is 19.8 Å². The monoisotopic (exact) mass is 380 g/mol. The van der Waals surface area contributed by atoms with Gasteiger partial charge in [-0.2, -0.15) is 14.2 Å². The van der Waals surface area contributed by atoms with Crippen LogP contribution in [0.1, 0.15) is 27.7 Å². The first kappa shape index (κ1) is 30.9. The molecule has 0 atom stereocenters. The first-order chi connectivity index (χ1) is 8.25. The molecule has 0 aliphatic carbocycles. The average Bonchev–Trinajstić information content (AvgIpc) is 2.20. The normalized spacial score (nSPS) is 9.05. The van der Waals surface area contributed by atoms with Crippen LogP contribution in [0.15, 0.2) is 23.7 Å². The zero-order valence-corrected chi connectivity index (χ0v) is 15.0. The largest absolute Gasteiger partial charge is 4.00 e. The van der Waals surface area contributed by atoms with E-state index in [2.05, 4.69) is 0 Å². The third-order valence-corrected chi connectivity index (χ3v) is 0.813. The van der Waals surface area contributed by atoms with E-state index < -0.39 is 0 Å². The van der Waals surface area contributed by atoms with Crippen LogP contribution in [0.4, 0.5) is 0 Å². The third kappa shape index (κ3) is 77.1. The zero-order chi connectivity index (χ0) is 15.7. The van der Waals surface area contributed by atoms with Gasteiger partial charge < -0.3 is 20.4 Å². The smallest absolute Gasteiger partial charge is 0.876 e. The maximum atomic E-state index is 9.98. The van der Waals surface area contributed by atoms with E-state index in [0.29, 0.717) is 0 Å². The molecular formula is C12H20O6Sn. The topological polar surface area (TPSA) is 126 Å². The van der Waals surface area contributed by atoms with Gasteiger partial charge >= 0.3 is 23.9 Å². The molecule has 0 aromatic carbocycles. The standard InChI is InChI=1S/2C5H8O2.2CH3O.Sn/c2*1-4(6)3-5(2)7;2*1-2;/h2*3,6H,1-2H3;2*1H3;/q;;2*-1;+4/p-2/b2*4-3-;;;. The molecular weight excluding hydrogens is 359 g/mol. The summed E-state index contributed by atoms with van der Waals surface area (Å²) in [5, 5.41) is 36.5. The van der Waals surface area contributed by atoms with Crippen molar-refractivity contribution in [2.24, 2.45) is 0 Å². The van der Waals surface area contributed by atoms with E-state index in [-0.39, 0.29) is 47.0 Å². The van der Waals surface area contributed by atoms with Gasteiger partial charge in [-0.1, -0.05) is 13.8 Å². The molecule has 7 heteroatoms. The summed E-state index contributed by atoms with van der Waals surface area (Å²) in [5.74, 6) is -0.750. The summed E-state index contributed by atoms with van der Waals surface area (Å²) in [6.07, 6.45) is 2.11. The van der Waals surface area contributed by atoms with Crippen LogP contribution in [0.2, 0.25) is 0 Å². The molecule has 0 aliphatic rings. The van der Waals surface area contributed by atoms with Crippen LogP contribution < -0.4 is 20.4 Å². The number of carbonyl (C=O) groups is 2. The number of hydrogen-bond donors (Lipinski definition) is 0. The Labute approximate surface area is 131 Å². The van der Waals surface area contributed by atoms with Crippen molar-refractivity contribution in [1.29, 1.82) is 0 Å². The van der Waals surface area contributed by atoms with Crippen LogP contribution in [-0.4, -0.2) is 49.7 Å². The van der Waals surface area contributed by atoms with Gasteiger partial charge in [0, 0.05) is 0 Å². The van der Waals surface area contributed by atoms with Gasteiger partial charge in [-0.3, -0.25) is 9.59 Å². The number of allylic oxidation sites excluding steroid dienone is 4. The molecule has 0 heterocycles. The number of hydrogen-bond acceptors (Lipinski definition) is 6. The Bertz CT molecular complexity index is 235. The molecule has 0 fully saturated rings. The summed E-state index contributed by atoms with van der Waals surface area (Å²) < 4.78 is 0. The Kier molecular flexibility index (Phi) is 42.0. The fourth-order valence-electron chi connectivity index (χ4n) is 0.572. The van der Waals surface area contributed by atoms with Crippen molar-refractivity contribution in [1.82, 2.24) is 0 Å². The van der Waals surface area contributed by atoms with Crippen molar-refractivity contribution >= 4 is 35.5 Å². The fourth-order valence-corrected chi connectivity index (χ4v) is 0.572. The van der Waals surface area contributed by atoms with Gasteiger partial charge in [-0.25, -0.2) is 0 Å². The van der Waals surface area contributed by atoms with Gasteiger partial charge in [0.05, 0.1) is 0 Å². The van der Waals surface area contributed by atoms with Crippen LogP contribution in [0, 0.1) is 0 Å². The van der Waals surface area contributed by atoms with Crippen LogP contribution in [0.25, 0.3) is 0 Å². The Morgan fingerprint density at radius 2 is 0.842 bits per heavy atom. The van der Waals surface area contributed by atoms with E-state index in [0.717, 1.165) is 26.4 Å². The zero-order valence-electron chi connectivity index (χ0n) is 12.1. The minimum absolute atomic E-state index is 0. The van der Waals surface area contributed by atoms with Gasteiger partial charge in [-0.05, 0) is 26.0 Å². The number of carbonyl (C=O) groups excluding carboxylic acids is 2. The summed E-state index contributed by atoms with van der Waals surface area (Å²) >= 11 is 0. The van der Waals surface area contributed by atoms with Crippen LogP contribution in [0.5, 0.6) is 0 Å². The third-order valence-electron chi connectivity index (χ3n) is 0.813. The van der Waals surface area contributed by atoms with Gasteiger partial charge in [0.15, 0.2) is 11.6 Å². The molecule has 0 saturated carbocycles. The summed E-state index contributed by atoms with van der Waals surface area (Å²) in [6, 6.07) is 0. The summed E-state index contributed by atoms with van der Waals surface area (Å²) in [4.78, 5) is 20.0. The molecule has 0 N–H and O–H groups in total. The molecule has 6 nitrogen and oxygen atoms in total. The van der Waals surface area contributed by atoms with E-state index in [1.54, 1.807) is 0 Å². The van der Waals surface area contributed by atoms with Crippen molar-refractivity contribution in [3.63, 3.8) is 0 Å². The molecule has 0 rings (SSSR count). The minimum atomic E-state index is -0.187. The molecule has 0 aromatic rings. The predicted molar refractivity (Wildman–Crippen MR) is 66.5 cm³/mol. The molecule has 0 unspecified atom stereocenters. The molecule has 108 valence electrons. The molecule has 0 radical (unpaired) electrons.